The lowest BCUT2D eigenvalue weighted by atomic mass is 10.0. The minimum atomic E-state index is -0.244. The number of nitriles is 1. The van der Waals surface area contributed by atoms with Gasteiger partial charge in [-0.3, -0.25) is 4.79 Å². The maximum absolute atomic E-state index is 12.6. The van der Waals surface area contributed by atoms with Gasteiger partial charge in [-0.15, -0.1) is 0 Å². The number of aromatic nitrogens is 1. The van der Waals surface area contributed by atoms with Gasteiger partial charge in [-0.25, -0.2) is 4.98 Å². The molecule has 3 nitrogen and oxygen atoms in total. The smallest absolute Gasteiger partial charge is 0.176 e. The second-order valence-electron chi connectivity index (χ2n) is 4.94. The molecule has 0 amide bonds. The zero-order valence-electron chi connectivity index (χ0n) is 12.3. The molecule has 1 heterocycles. The van der Waals surface area contributed by atoms with Gasteiger partial charge in [-0.05, 0) is 44.5 Å². The van der Waals surface area contributed by atoms with Gasteiger partial charge in [0.05, 0.1) is 21.9 Å². The van der Waals surface area contributed by atoms with E-state index in [0.717, 1.165) is 16.7 Å². The monoisotopic (exact) mass is 296 g/mol. The summed E-state index contributed by atoms with van der Waals surface area (Å²) in [6.07, 6.45) is 1.59. The number of Topliss-reactive ketones (excluding diaryl/α,β-unsaturated/α-hetero) is 1. The van der Waals surface area contributed by atoms with Crippen LogP contribution in [0.15, 0.2) is 41.6 Å². The minimum Gasteiger partial charge on any atom is -0.293 e. The molecule has 2 rings (SSSR count). The topological polar surface area (TPSA) is 53.8 Å². The summed E-state index contributed by atoms with van der Waals surface area (Å²) in [4.78, 5) is 16.8. The molecular weight excluding hydrogens is 280 g/mol. The van der Waals surface area contributed by atoms with Crippen LogP contribution in [0, 0.1) is 25.2 Å². The molecule has 1 atom stereocenters. The molecule has 1 aromatic heterocycles. The van der Waals surface area contributed by atoms with Crippen LogP contribution in [0.3, 0.4) is 0 Å². The average Bonchev–Trinajstić information content (AvgIpc) is 2.49. The summed E-state index contributed by atoms with van der Waals surface area (Å²) in [5, 5.41) is 9.35. The number of hydrogen-bond acceptors (Lipinski definition) is 4. The fourth-order valence-electron chi connectivity index (χ4n) is 2.00. The molecule has 106 valence electrons. The van der Waals surface area contributed by atoms with Crippen LogP contribution in [0.5, 0.6) is 0 Å². The molecule has 0 aliphatic carbocycles. The molecule has 0 saturated carbocycles. The third kappa shape index (κ3) is 3.71. The van der Waals surface area contributed by atoms with Crippen LogP contribution >= 0.6 is 11.8 Å². The lowest BCUT2D eigenvalue weighted by Gasteiger charge is -2.12. The van der Waals surface area contributed by atoms with Crippen molar-refractivity contribution in [3.05, 3.63) is 58.8 Å². The molecule has 0 N–H and O–H groups in total. The Morgan fingerprint density at radius 1 is 1.29 bits per heavy atom. The fraction of sp³-hybridized carbons (Fsp3) is 0.235. The Bertz CT molecular complexity index is 719. The first kappa shape index (κ1) is 15.3. The van der Waals surface area contributed by atoms with E-state index in [4.69, 9.17) is 5.26 Å². The summed E-state index contributed by atoms with van der Waals surface area (Å²) in [7, 11) is 0. The molecule has 1 aromatic carbocycles. The quantitative estimate of drug-likeness (QED) is 0.633. The van der Waals surface area contributed by atoms with Gasteiger partial charge in [0.25, 0.3) is 0 Å². The van der Waals surface area contributed by atoms with Gasteiger partial charge in [0.15, 0.2) is 5.78 Å². The highest BCUT2D eigenvalue weighted by atomic mass is 32.2. The van der Waals surface area contributed by atoms with E-state index in [1.54, 1.807) is 18.3 Å². The zero-order chi connectivity index (χ0) is 15.4. The van der Waals surface area contributed by atoms with Gasteiger partial charge in [0, 0.05) is 11.8 Å². The summed E-state index contributed by atoms with van der Waals surface area (Å²) in [6.45, 7) is 5.79. The molecule has 1 unspecified atom stereocenters. The largest absolute Gasteiger partial charge is 0.293 e. The number of nitrogens with zero attached hydrogens (tertiary/aromatic N) is 2. The van der Waals surface area contributed by atoms with Crippen LogP contribution in [0.25, 0.3) is 0 Å². The van der Waals surface area contributed by atoms with Crippen LogP contribution in [0.2, 0.25) is 0 Å². The summed E-state index contributed by atoms with van der Waals surface area (Å²) in [5.41, 5.74) is 3.37. The van der Waals surface area contributed by atoms with Crippen LogP contribution in [0.4, 0.5) is 0 Å². The van der Waals surface area contributed by atoms with Crippen molar-refractivity contribution in [2.75, 3.05) is 0 Å². The van der Waals surface area contributed by atoms with Crippen molar-refractivity contribution in [1.82, 2.24) is 4.98 Å². The Morgan fingerprint density at radius 2 is 2.05 bits per heavy atom. The first-order valence-corrected chi connectivity index (χ1v) is 7.53. The van der Waals surface area contributed by atoms with Gasteiger partial charge < -0.3 is 0 Å². The third-order valence-electron chi connectivity index (χ3n) is 3.19. The van der Waals surface area contributed by atoms with Crippen molar-refractivity contribution >= 4 is 17.5 Å². The van der Waals surface area contributed by atoms with Gasteiger partial charge in [0.1, 0.15) is 0 Å². The van der Waals surface area contributed by atoms with Crippen molar-refractivity contribution in [2.45, 2.75) is 31.0 Å². The SMILES string of the molecule is Cc1ccc(C)c(C(=O)C(C)Sc2cc(C#N)ccn2)c1. The van der Waals surface area contributed by atoms with Crippen LogP contribution in [-0.2, 0) is 0 Å². The number of pyridine rings is 1. The predicted octanol–water partition coefficient (Wildman–Crippen LogP) is 3.93. The number of thioether (sulfide) groups is 1. The summed E-state index contributed by atoms with van der Waals surface area (Å²) in [5.74, 6) is 0.0883. The summed E-state index contributed by atoms with van der Waals surface area (Å²) >= 11 is 1.38. The molecule has 0 aliphatic rings. The standard InChI is InChI=1S/C17H16N2OS/c1-11-4-5-12(2)15(8-11)17(20)13(3)21-16-9-14(10-18)6-7-19-16/h4-9,13H,1-3H3. The van der Waals surface area contributed by atoms with Gasteiger partial charge >= 0.3 is 0 Å². The van der Waals surface area contributed by atoms with Crippen LogP contribution < -0.4 is 0 Å². The molecule has 4 heteroatoms. The number of benzene rings is 1. The highest BCUT2D eigenvalue weighted by molar-refractivity contribution is 8.00. The Morgan fingerprint density at radius 3 is 2.76 bits per heavy atom. The number of aryl methyl sites for hydroxylation is 2. The highest BCUT2D eigenvalue weighted by Crippen LogP contribution is 2.25. The fourth-order valence-corrected chi connectivity index (χ4v) is 2.91. The number of hydrogen-bond donors (Lipinski definition) is 0. The van der Waals surface area contributed by atoms with Crippen molar-refractivity contribution < 1.29 is 4.79 Å². The Balaban J connectivity index is 2.19. The maximum atomic E-state index is 12.6. The van der Waals surface area contributed by atoms with E-state index in [1.807, 2.05) is 39.0 Å². The van der Waals surface area contributed by atoms with Crippen molar-refractivity contribution in [3.8, 4) is 6.07 Å². The third-order valence-corrected chi connectivity index (χ3v) is 4.22. The van der Waals surface area contributed by atoms with Crippen LogP contribution in [-0.4, -0.2) is 16.0 Å². The molecule has 0 bridgehead atoms. The second-order valence-corrected chi connectivity index (χ2v) is 6.30. The highest BCUT2D eigenvalue weighted by Gasteiger charge is 2.19. The number of carbonyl (C=O) groups excluding carboxylic acids is 1. The second kappa shape index (κ2) is 6.55. The van der Waals surface area contributed by atoms with Gasteiger partial charge in [0.2, 0.25) is 0 Å². The molecule has 0 saturated heterocycles. The molecular formula is C17H16N2OS. The first-order valence-electron chi connectivity index (χ1n) is 6.65. The first-order chi connectivity index (χ1) is 10.0. The van der Waals surface area contributed by atoms with E-state index in [1.165, 1.54) is 11.8 Å². The maximum Gasteiger partial charge on any atom is 0.176 e. The van der Waals surface area contributed by atoms with Crippen molar-refractivity contribution in [1.29, 1.82) is 5.26 Å². The van der Waals surface area contributed by atoms with Crippen LogP contribution in [0.1, 0.15) is 34.0 Å². The van der Waals surface area contributed by atoms with Gasteiger partial charge in [-0.1, -0.05) is 29.5 Å². The summed E-state index contributed by atoms with van der Waals surface area (Å²) in [6, 6.07) is 11.3. The van der Waals surface area contributed by atoms with E-state index in [-0.39, 0.29) is 11.0 Å². The molecule has 2 aromatic rings. The Labute approximate surface area is 129 Å². The van der Waals surface area contributed by atoms with E-state index in [9.17, 15) is 4.79 Å². The number of carbonyl (C=O) groups is 1. The molecule has 21 heavy (non-hydrogen) atoms. The Kier molecular flexibility index (Phi) is 4.77. The normalized spacial score (nSPS) is 11.7. The van der Waals surface area contributed by atoms with E-state index >= 15 is 0 Å². The Hall–Kier alpha value is -2.12. The molecule has 0 spiro atoms. The van der Waals surface area contributed by atoms with E-state index < -0.39 is 0 Å². The van der Waals surface area contributed by atoms with Crippen molar-refractivity contribution in [2.24, 2.45) is 0 Å². The average molecular weight is 296 g/mol. The minimum absolute atomic E-state index is 0.0883. The number of ketones is 1. The number of rotatable bonds is 4. The lowest BCUT2D eigenvalue weighted by Crippen LogP contribution is -2.15. The van der Waals surface area contributed by atoms with Crippen molar-refractivity contribution in [3.63, 3.8) is 0 Å². The summed E-state index contributed by atoms with van der Waals surface area (Å²) < 4.78 is 0. The van der Waals surface area contributed by atoms with Gasteiger partial charge in [-0.2, -0.15) is 5.26 Å². The van der Waals surface area contributed by atoms with E-state index in [0.29, 0.717) is 10.6 Å². The lowest BCUT2D eigenvalue weighted by molar-refractivity contribution is 0.0993. The molecule has 0 radical (unpaired) electrons. The zero-order valence-corrected chi connectivity index (χ0v) is 13.1. The predicted molar refractivity (Wildman–Crippen MR) is 84.5 cm³/mol. The molecule has 0 fully saturated rings. The van der Waals surface area contributed by atoms with E-state index in [2.05, 4.69) is 11.1 Å². The molecule has 0 aliphatic heterocycles.